The molecular formula is C9H11N2O5Tl. The van der Waals surface area contributed by atoms with Gasteiger partial charge in [0.1, 0.15) is 0 Å². The van der Waals surface area contributed by atoms with Crippen LogP contribution in [0.1, 0.15) is 12.6 Å². The number of nitrogens with one attached hydrogen (secondary N) is 1. The molecule has 0 radical (unpaired) electrons. The van der Waals surface area contributed by atoms with Gasteiger partial charge in [0, 0.05) is 0 Å². The molecule has 1 aliphatic heterocycles. The predicted molar refractivity (Wildman–Crippen MR) is 58.3 cm³/mol. The number of aromatic nitrogens is 2. The van der Waals surface area contributed by atoms with Crippen LogP contribution in [0.5, 0.6) is 0 Å². The Morgan fingerprint density at radius 3 is 2.88 bits per heavy atom. The molecule has 1 fully saturated rings. The van der Waals surface area contributed by atoms with Crippen molar-refractivity contribution in [3.8, 4) is 0 Å². The fraction of sp³-hybridized carbons (Fsp3) is 0.556. The summed E-state index contributed by atoms with van der Waals surface area (Å²) in [6.45, 7) is -0.300. The van der Waals surface area contributed by atoms with Crippen molar-refractivity contribution in [2.45, 2.75) is 24.9 Å². The number of hydrogen-bond acceptors (Lipinski definition) is 5. The van der Waals surface area contributed by atoms with Gasteiger partial charge in [0.15, 0.2) is 0 Å². The summed E-state index contributed by atoms with van der Waals surface area (Å²) >= 11 is 0.301. The van der Waals surface area contributed by atoms with Gasteiger partial charge < -0.3 is 0 Å². The van der Waals surface area contributed by atoms with Gasteiger partial charge in [0.2, 0.25) is 0 Å². The van der Waals surface area contributed by atoms with Gasteiger partial charge >= 0.3 is 112 Å². The van der Waals surface area contributed by atoms with E-state index in [-0.39, 0.29) is 18.6 Å². The SMILES string of the molecule is O=c1[nH]c(=O)n(C2CC(O)C(CO)O2)c[c]1[Tl]. The summed E-state index contributed by atoms with van der Waals surface area (Å²) in [5.41, 5.74) is -0.927. The maximum atomic E-state index is 11.6. The number of hydrogen-bond donors (Lipinski definition) is 3. The van der Waals surface area contributed by atoms with E-state index in [1.807, 2.05) is 0 Å². The van der Waals surface area contributed by atoms with Crippen LogP contribution >= 0.6 is 0 Å². The van der Waals surface area contributed by atoms with Crippen molar-refractivity contribution in [1.82, 2.24) is 9.55 Å². The first-order valence-electron chi connectivity index (χ1n) is 5.08. The molecule has 90 valence electrons. The van der Waals surface area contributed by atoms with E-state index >= 15 is 0 Å². The quantitative estimate of drug-likeness (QED) is 0.432. The monoisotopic (exact) mass is 432 g/mol. The van der Waals surface area contributed by atoms with Crippen LogP contribution in [0.3, 0.4) is 0 Å². The minimum absolute atomic E-state index is 0.223. The van der Waals surface area contributed by atoms with Gasteiger partial charge in [0.05, 0.1) is 0 Å². The Labute approximate surface area is 112 Å². The van der Waals surface area contributed by atoms with E-state index in [9.17, 15) is 14.7 Å². The summed E-state index contributed by atoms with van der Waals surface area (Å²) in [6, 6.07) is 0. The second-order valence-corrected chi connectivity index (χ2v) is 6.28. The van der Waals surface area contributed by atoms with Crippen molar-refractivity contribution < 1.29 is 14.9 Å². The third-order valence-electron chi connectivity index (χ3n) is 2.69. The number of aliphatic hydroxyl groups excluding tert-OH is 2. The van der Waals surface area contributed by atoms with E-state index in [0.717, 1.165) is 0 Å². The van der Waals surface area contributed by atoms with Gasteiger partial charge in [-0.25, -0.2) is 0 Å². The zero-order chi connectivity index (χ0) is 12.6. The molecule has 3 unspecified atom stereocenters. The third-order valence-corrected chi connectivity index (χ3v) is 4.29. The average Bonchev–Trinajstić information content (AvgIpc) is 2.65. The summed E-state index contributed by atoms with van der Waals surface area (Å²) in [7, 11) is 0. The minimum atomic E-state index is -0.802. The first-order valence-corrected chi connectivity index (χ1v) is 7.32. The third kappa shape index (κ3) is 2.51. The van der Waals surface area contributed by atoms with E-state index in [0.29, 0.717) is 28.9 Å². The number of rotatable bonds is 2. The molecule has 0 aliphatic carbocycles. The molecule has 1 saturated heterocycles. The average molecular weight is 432 g/mol. The maximum absolute atomic E-state index is 11.6. The van der Waals surface area contributed by atoms with Crippen molar-refractivity contribution in [1.29, 1.82) is 0 Å². The van der Waals surface area contributed by atoms with Gasteiger partial charge in [-0.15, -0.1) is 0 Å². The molecule has 3 N–H and O–H groups in total. The Kier molecular flexibility index (Phi) is 3.80. The second kappa shape index (κ2) is 5.00. The molecule has 0 spiro atoms. The van der Waals surface area contributed by atoms with Crippen molar-refractivity contribution in [2.24, 2.45) is 0 Å². The summed E-state index contributed by atoms with van der Waals surface area (Å²) in [5, 5.41) is 18.5. The Morgan fingerprint density at radius 1 is 1.59 bits per heavy atom. The van der Waals surface area contributed by atoms with Crippen molar-refractivity contribution in [3.05, 3.63) is 27.0 Å². The molecular weight excluding hydrogens is 420 g/mol. The van der Waals surface area contributed by atoms with E-state index < -0.39 is 24.1 Å². The molecule has 0 bridgehead atoms. The van der Waals surface area contributed by atoms with Crippen LogP contribution in [-0.4, -0.2) is 64.3 Å². The van der Waals surface area contributed by atoms with Gasteiger partial charge in [-0.2, -0.15) is 0 Å². The molecule has 1 aromatic rings. The normalized spacial score (nSPS) is 28.4. The fourth-order valence-corrected chi connectivity index (χ4v) is 2.67. The molecule has 17 heavy (non-hydrogen) atoms. The molecule has 1 aliphatic rings. The van der Waals surface area contributed by atoms with Crippen LogP contribution in [-0.2, 0) is 4.74 Å². The summed E-state index contributed by atoms with van der Waals surface area (Å²) in [6.07, 6.45) is -0.434. The standard InChI is InChI=1S/C9H11N2O5.Tl/c12-4-6-5(13)3-8(16-6)11-2-1-7(14)10-9(11)15;/h2,5-6,8,12-13H,3-4H2,(H,10,14,15);. The number of nitrogens with zero attached hydrogens (tertiary/aromatic N) is 1. The number of H-pyrrole nitrogens is 1. The van der Waals surface area contributed by atoms with Gasteiger partial charge in [-0.3, -0.25) is 0 Å². The Balaban J connectivity index is 2.34. The van der Waals surface area contributed by atoms with Gasteiger partial charge in [-0.1, -0.05) is 0 Å². The molecule has 1 aromatic heterocycles. The summed E-state index contributed by atoms with van der Waals surface area (Å²) in [4.78, 5) is 25.0. The molecule has 7 nitrogen and oxygen atoms in total. The molecule has 2 heterocycles. The van der Waals surface area contributed by atoms with Crippen LogP contribution in [0.2, 0.25) is 0 Å². The van der Waals surface area contributed by atoms with Crippen LogP contribution in [0.25, 0.3) is 0 Å². The van der Waals surface area contributed by atoms with E-state index in [4.69, 9.17) is 9.84 Å². The van der Waals surface area contributed by atoms with Crippen LogP contribution in [0.4, 0.5) is 0 Å². The second-order valence-electron chi connectivity index (χ2n) is 3.87. The molecule has 2 rings (SSSR count). The van der Waals surface area contributed by atoms with Crippen molar-refractivity contribution in [3.63, 3.8) is 0 Å². The van der Waals surface area contributed by atoms with Crippen molar-refractivity contribution in [2.75, 3.05) is 6.61 Å². The fourth-order valence-electron chi connectivity index (χ4n) is 1.77. The van der Waals surface area contributed by atoms with Crippen molar-refractivity contribution >= 4 is 28.9 Å². The number of aromatic amines is 1. The topological polar surface area (TPSA) is 105 Å². The van der Waals surface area contributed by atoms with Crippen LogP contribution < -0.4 is 14.4 Å². The molecule has 0 saturated carbocycles. The van der Waals surface area contributed by atoms with E-state index in [1.165, 1.54) is 10.8 Å². The molecule has 0 aromatic carbocycles. The number of ether oxygens (including phenoxy) is 1. The first-order chi connectivity index (χ1) is 8.02. The van der Waals surface area contributed by atoms with Gasteiger partial charge in [-0.05, 0) is 0 Å². The summed E-state index contributed by atoms with van der Waals surface area (Å²) < 4.78 is 7.15. The van der Waals surface area contributed by atoms with E-state index in [1.54, 1.807) is 0 Å². The molecule has 0 amide bonds. The molecule has 8 heteroatoms. The van der Waals surface area contributed by atoms with Crippen LogP contribution in [0.15, 0.2) is 15.8 Å². The zero-order valence-corrected chi connectivity index (χ0v) is 13.4. The Bertz CT molecular complexity index is 525. The first kappa shape index (κ1) is 12.9. The number of aliphatic hydroxyl groups is 2. The van der Waals surface area contributed by atoms with E-state index in [2.05, 4.69) is 4.98 Å². The summed E-state index contributed by atoms with van der Waals surface area (Å²) in [5.74, 6) is 0. The predicted octanol–water partition coefficient (Wildman–Crippen LogP) is -3.03. The van der Waals surface area contributed by atoms with Gasteiger partial charge in [0.25, 0.3) is 0 Å². The Hall–Kier alpha value is -0.518. The van der Waals surface area contributed by atoms with Crippen LogP contribution in [0, 0.1) is 0 Å². The molecule has 3 atom stereocenters. The Morgan fingerprint density at radius 2 is 2.29 bits per heavy atom. The zero-order valence-electron chi connectivity index (χ0n) is 8.87.